The Morgan fingerprint density at radius 3 is 2.58 bits per heavy atom. The molecule has 0 aliphatic carbocycles. The van der Waals surface area contributed by atoms with Gasteiger partial charge in [0, 0.05) is 17.3 Å². The zero-order valence-electron chi connectivity index (χ0n) is 17.9. The van der Waals surface area contributed by atoms with E-state index >= 15 is 0 Å². The van der Waals surface area contributed by atoms with Gasteiger partial charge in [-0.1, -0.05) is 12.1 Å². The molecule has 2 aliphatic heterocycles. The summed E-state index contributed by atoms with van der Waals surface area (Å²) in [4.78, 5) is 21.4. The minimum absolute atomic E-state index is 0.180. The molecule has 3 heterocycles. The van der Waals surface area contributed by atoms with Gasteiger partial charge in [0.15, 0.2) is 0 Å². The van der Waals surface area contributed by atoms with Gasteiger partial charge in [-0.3, -0.25) is 4.79 Å². The second-order valence-corrected chi connectivity index (χ2v) is 7.93. The number of ether oxygens (including phenoxy) is 3. The molecule has 1 amide bonds. The molecule has 3 aromatic rings. The van der Waals surface area contributed by atoms with Crippen LogP contribution in [0.5, 0.6) is 5.75 Å². The van der Waals surface area contributed by atoms with Gasteiger partial charge >= 0.3 is 0 Å². The average molecular weight is 450 g/mol. The maximum Gasteiger partial charge on any atom is 0.251 e. The molecule has 0 bridgehead atoms. The Morgan fingerprint density at radius 2 is 1.82 bits per heavy atom. The number of fused-ring (bicyclic) bond motifs is 1. The summed E-state index contributed by atoms with van der Waals surface area (Å²) in [6.45, 7) is 0.734. The molecule has 0 unspecified atom stereocenters. The van der Waals surface area contributed by atoms with Crippen LogP contribution in [0.15, 0.2) is 60.8 Å². The van der Waals surface area contributed by atoms with Gasteiger partial charge in [-0.25, -0.2) is 14.4 Å². The smallest absolute Gasteiger partial charge is 0.251 e. The molecule has 170 valence electrons. The number of methoxy groups -OCH3 is 1. The predicted octanol–water partition coefficient (Wildman–Crippen LogP) is 2.67. The lowest BCUT2D eigenvalue weighted by Gasteiger charge is -2.18. The quantitative estimate of drug-likeness (QED) is 0.596. The van der Waals surface area contributed by atoms with Crippen molar-refractivity contribution in [3.8, 4) is 17.0 Å². The number of nitrogens with one attached hydrogen (secondary N) is 2. The summed E-state index contributed by atoms with van der Waals surface area (Å²) >= 11 is 0. The van der Waals surface area contributed by atoms with Crippen molar-refractivity contribution >= 4 is 11.9 Å². The molecule has 1 aromatic heterocycles. The molecule has 2 aliphatic rings. The van der Waals surface area contributed by atoms with Crippen LogP contribution in [0.25, 0.3) is 11.3 Å². The molecule has 33 heavy (non-hydrogen) atoms. The molecular weight excluding hydrogens is 427 g/mol. The van der Waals surface area contributed by atoms with Gasteiger partial charge in [0.05, 0.1) is 38.1 Å². The number of hydrogen-bond acceptors (Lipinski definition) is 7. The number of hydrogen-bond donors (Lipinski definition) is 2. The number of benzene rings is 2. The number of anilines is 1. The highest BCUT2D eigenvalue weighted by molar-refractivity contribution is 5.94. The van der Waals surface area contributed by atoms with Crippen molar-refractivity contribution in [1.82, 2.24) is 15.3 Å². The summed E-state index contributed by atoms with van der Waals surface area (Å²) in [6, 6.07) is 14.4. The van der Waals surface area contributed by atoms with E-state index in [9.17, 15) is 9.18 Å². The first-order valence-corrected chi connectivity index (χ1v) is 10.6. The molecule has 9 heteroatoms. The minimum Gasteiger partial charge on any atom is -0.497 e. The fourth-order valence-corrected chi connectivity index (χ4v) is 4.14. The lowest BCUT2D eigenvalue weighted by Crippen LogP contribution is -2.44. The summed E-state index contributed by atoms with van der Waals surface area (Å²) in [5.41, 5.74) is 1.81. The standard InChI is InChI=1S/C24H23FN4O4/c1-31-17-7-5-14(6-8-17)23(30)27-19-12-32-22-20(13-33-21(19)22)29-24-26-10-9-18(28-24)15-3-2-4-16(25)11-15/h2-11,19-22H,12-13H2,1H3,(H,27,30)(H,26,28,29)/t19-,20+,21-,22+/m1/s1. The maximum atomic E-state index is 13.6. The van der Waals surface area contributed by atoms with Crippen LogP contribution in [0, 0.1) is 5.82 Å². The normalized spacial score (nSPS) is 23.7. The Hall–Kier alpha value is -3.56. The third-order valence-corrected chi connectivity index (χ3v) is 5.81. The number of carbonyl (C=O) groups excluding carboxylic acids is 1. The first-order valence-electron chi connectivity index (χ1n) is 10.6. The van der Waals surface area contributed by atoms with Gasteiger partial charge in [0.25, 0.3) is 5.91 Å². The molecule has 2 aromatic carbocycles. The molecule has 4 atom stereocenters. The van der Waals surface area contributed by atoms with Gasteiger partial charge in [0.2, 0.25) is 5.95 Å². The van der Waals surface area contributed by atoms with Crippen LogP contribution in [0.2, 0.25) is 0 Å². The molecule has 0 radical (unpaired) electrons. The molecule has 0 saturated carbocycles. The maximum absolute atomic E-state index is 13.6. The highest BCUT2D eigenvalue weighted by Crippen LogP contribution is 2.29. The van der Waals surface area contributed by atoms with Gasteiger partial charge in [-0.15, -0.1) is 0 Å². The van der Waals surface area contributed by atoms with E-state index in [2.05, 4.69) is 20.6 Å². The van der Waals surface area contributed by atoms with Gasteiger partial charge in [0.1, 0.15) is 23.8 Å². The monoisotopic (exact) mass is 450 g/mol. The Bertz CT molecular complexity index is 1140. The Labute approximate surface area is 190 Å². The van der Waals surface area contributed by atoms with Crippen molar-refractivity contribution in [1.29, 1.82) is 0 Å². The number of rotatable bonds is 6. The van der Waals surface area contributed by atoms with E-state index < -0.39 is 0 Å². The van der Waals surface area contributed by atoms with Gasteiger partial charge in [-0.2, -0.15) is 0 Å². The Kier molecular flexibility index (Phi) is 5.89. The van der Waals surface area contributed by atoms with Crippen LogP contribution in [-0.4, -0.2) is 60.5 Å². The molecule has 8 nitrogen and oxygen atoms in total. The number of carbonyl (C=O) groups is 1. The van der Waals surface area contributed by atoms with Crippen molar-refractivity contribution in [2.24, 2.45) is 0 Å². The largest absolute Gasteiger partial charge is 0.497 e. The number of nitrogens with zero attached hydrogens (tertiary/aromatic N) is 2. The average Bonchev–Trinajstić information content (AvgIpc) is 3.42. The Morgan fingerprint density at radius 1 is 1.06 bits per heavy atom. The fourth-order valence-electron chi connectivity index (χ4n) is 4.14. The van der Waals surface area contributed by atoms with Crippen LogP contribution in [0.4, 0.5) is 10.3 Å². The first kappa shape index (κ1) is 21.3. The van der Waals surface area contributed by atoms with Crippen LogP contribution in [0.1, 0.15) is 10.4 Å². The van der Waals surface area contributed by atoms with Gasteiger partial charge < -0.3 is 24.8 Å². The molecule has 2 fully saturated rings. The summed E-state index contributed by atoms with van der Waals surface area (Å²) in [5.74, 6) is 0.570. The Balaban J connectivity index is 1.23. The van der Waals surface area contributed by atoms with Crippen molar-refractivity contribution in [2.75, 3.05) is 25.6 Å². The summed E-state index contributed by atoms with van der Waals surface area (Å²) in [6.07, 6.45) is 1.08. The third kappa shape index (κ3) is 4.50. The predicted molar refractivity (Wildman–Crippen MR) is 119 cm³/mol. The summed E-state index contributed by atoms with van der Waals surface area (Å²) in [5, 5.41) is 6.26. The van der Waals surface area contributed by atoms with Crippen molar-refractivity contribution in [3.63, 3.8) is 0 Å². The number of halogens is 1. The fraction of sp³-hybridized carbons (Fsp3) is 0.292. The molecule has 2 saturated heterocycles. The molecule has 5 rings (SSSR count). The van der Waals surface area contributed by atoms with E-state index in [4.69, 9.17) is 14.2 Å². The van der Waals surface area contributed by atoms with Crippen LogP contribution in [0.3, 0.4) is 0 Å². The second kappa shape index (κ2) is 9.13. The van der Waals surface area contributed by atoms with Crippen molar-refractivity contribution in [2.45, 2.75) is 24.3 Å². The lowest BCUT2D eigenvalue weighted by molar-refractivity contribution is 0.0652. The second-order valence-electron chi connectivity index (χ2n) is 7.93. The van der Waals surface area contributed by atoms with E-state index in [1.807, 2.05) is 0 Å². The highest BCUT2D eigenvalue weighted by atomic mass is 19.1. The summed E-state index contributed by atoms with van der Waals surface area (Å²) in [7, 11) is 1.58. The van der Waals surface area contributed by atoms with Crippen molar-refractivity contribution in [3.05, 3.63) is 72.2 Å². The number of amides is 1. The van der Waals surface area contributed by atoms with Crippen LogP contribution < -0.4 is 15.4 Å². The third-order valence-electron chi connectivity index (χ3n) is 5.81. The zero-order valence-corrected chi connectivity index (χ0v) is 17.9. The molecule has 0 spiro atoms. The van der Waals surface area contributed by atoms with Crippen LogP contribution in [-0.2, 0) is 9.47 Å². The number of aromatic nitrogens is 2. The van der Waals surface area contributed by atoms with E-state index in [0.717, 1.165) is 0 Å². The van der Waals surface area contributed by atoms with E-state index in [1.165, 1.54) is 12.1 Å². The molecular formula is C24H23FN4O4. The highest BCUT2D eigenvalue weighted by Gasteiger charge is 2.48. The SMILES string of the molecule is COc1ccc(C(=O)N[C@@H]2CO[C@@H]3[C@@H]2OC[C@@H]3Nc2nccc(-c3cccc(F)c3)n2)cc1. The van der Waals surface area contributed by atoms with E-state index in [1.54, 1.807) is 55.8 Å². The van der Waals surface area contributed by atoms with E-state index in [-0.39, 0.29) is 36.0 Å². The summed E-state index contributed by atoms with van der Waals surface area (Å²) < 4.78 is 30.6. The first-order chi connectivity index (χ1) is 16.1. The topological polar surface area (TPSA) is 94.6 Å². The zero-order chi connectivity index (χ0) is 22.8. The van der Waals surface area contributed by atoms with Crippen LogP contribution >= 0.6 is 0 Å². The lowest BCUT2D eigenvalue weighted by atomic mass is 10.1. The van der Waals surface area contributed by atoms with Gasteiger partial charge in [-0.05, 0) is 42.5 Å². The van der Waals surface area contributed by atoms with Crippen molar-refractivity contribution < 1.29 is 23.4 Å². The van der Waals surface area contributed by atoms with E-state index in [0.29, 0.717) is 41.7 Å². The minimum atomic E-state index is -0.324. The molecule has 2 N–H and O–H groups in total.